The Bertz CT molecular complexity index is 1180. The topological polar surface area (TPSA) is 95.4 Å². The summed E-state index contributed by atoms with van der Waals surface area (Å²) in [5, 5.41) is 23.2. The molecule has 2 heterocycles. The fourth-order valence-corrected chi connectivity index (χ4v) is 5.11. The molecule has 0 amide bonds. The number of aliphatic hydroxyl groups excluding tert-OH is 1. The largest absolute Gasteiger partial charge is 0.490 e. The van der Waals surface area contributed by atoms with E-state index in [2.05, 4.69) is 27.2 Å². The van der Waals surface area contributed by atoms with E-state index in [0.29, 0.717) is 47.1 Å². The molecule has 1 fully saturated rings. The molecule has 1 aliphatic heterocycles. The van der Waals surface area contributed by atoms with Crippen LogP contribution in [0, 0.1) is 17.2 Å². The maximum atomic E-state index is 9.51. The van der Waals surface area contributed by atoms with Crippen LogP contribution in [0.4, 0.5) is 0 Å². The van der Waals surface area contributed by atoms with Crippen LogP contribution in [-0.4, -0.2) is 45.9 Å². The van der Waals surface area contributed by atoms with Gasteiger partial charge in [0.1, 0.15) is 11.8 Å². The minimum absolute atomic E-state index is 0.0177. The quantitative estimate of drug-likeness (QED) is 0.632. The zero-order chi connectivity index (χ0) is 22.2. The lowest BCUT2D eigenvalue weighted by molar-refractivity contribution is 0.177. The van der Waals surface area contributed by atoms with Crippen molar-refractivity contribution in [1.82, 2.24) is 15.0 Å². The highest BCUT2D eigenvalue weighted by atomic mass is 16.5. The van der Waals surface area contributed by atoms with Crippen molar-refractivity contribution < 1.29 is 14.4 Å². The first-order valence-electron chi connectivity index (χ1n) is 11.1. The highest BCUT2D eigenvalue weighted by Crippen LogP contribution is 2.48. The number of rotatable bonds is 6. The fourth-order valence-electron chi connectivity index (χ4n) is 5.11. The molecule has 2 atom stereocenters. The lowest BCUT2D eigenvalue weighted by Crippen LogP contribution is -2.26. The Morgan fingerprint density at radius 2 is 2.19 bits per heavy atom. The molecule has 1 aliphatic carbocycles. The fraction of sp³-hybridized carbons (Fsp3) is 0.400. The summed E-state index contributed by atoms with van der Waals surface area (Å²) < 4.78 is 11.3. The molecule has 0 spiro atoms. The Morgan fingerprint density at radius 3 is 2.97 bits per heavy atom. The first-order chi connectivity index (χ1) is 15.6. The predicted octanol–water partition coefficient (Wildman–Crippen LogP) is 3.97. The summed E-state index contributed by atoms with van der Waals surface area (Å²) >= 11 is 0. The predicted molar refractivity (Wildman–Crippen MR) is 119 cm³/mol. The number of hydrogen-bond donors (Lipinski definition) is 1. The van der Waals surface area contributed by atoms with E-state index in [1.807, 2.05) is 32.0 Å². The number of β-amino-alcohol motifs (C(OH)–C–C–N with tert-alkyl or cyclic N) is 1. The third-order valence-corrected chi connectivity index (χ3v) is 6.39. The molecule has 5 rings (SSSR count). The number of aliphatic hydroxyl groups is 1. The number of benzene rings is 2. The zero-order valence-electron chi connectivity index (χ0n) is 18.3. The SMILES string of the molecule is CC(C)Oc1ccc(-c2nc(-c3cccc4c3CC3CCN(CCO)C43)no2)cc1C#N. The van der Waals surface area contributed by atoms with Crippen LogP contribution in [0.2, 0.25) is 0 Å². The lowest BCUT2D eigenvalue weighted by Gasteiger charge is -2.24. The number of nitrogens with zero attached hydrogens (tertiary/aromatic N) is 4. The van der Waals surface area contributed by atoms with Crippen LogP contribution in [0.1, 0.15) is 43.0 Å². The van der Waals surface area contributed by atoms with Gasteiger partial charge in [0.25, 0.3) is 5.89 Å². The number of likely N-dealkylation sites (tertiary alicyclic amines) is 1. The van der Waals surface area contributed by atoms with E-state index in [1.165, 1.54) is 11.1 Å². The van der Waals surface area contributed by atoms with Gasteiger partial charge in [-0.25, -0.2) is 0 Å². The van der Waals surface area contributed by atoms with Crippen molar-refractivity contribution in [3.8, 4) is 34.7 Å². The maximum absolute atomic E-state index is 9.51. The van der Waals surface area contributed by atoms with Crippen molar-refractivity contribution >= 4 is 0 Å². The molecule has 7 heteroatoms. The van der Waals surface area contributed by atoms with Gasteiger partial charge in [0.05, 0.1) is 18.3 Å². The molecule has 1 N–H and O–H groups in total. The van der Waals surface area contributed by atoms with Gasteiger partial charge >= 0.3 is 0 Å². The number of ether oxygens (including phenoxy) is 1. The number of fused-ring (bicyclic) bond motifs is 3. The summed E-state index contributed by atoms with van der Waals surface area (Å²) in [4.78, 5) is 7.04. The molecular formula is C25H26N4O3. The van der Waals surface area contributed by atoms with Crippen molar-refractivity contribution in [1.29, 1.82) is 5.26 Å². The molecule has 32 heavy (non-hydrogen) atoms. The molecule has 164 valence electrons. The van der Waals surface area contributed by atoms with Crippen LogP contribution >= 0.6 is 0 Å². The van der Waals surface area contributed by atoms with Gasteiger partial charge < -0.3 is 14.4 Å². The summed E-state index contributed by atoms with van der Waals surface area (Å²) in [6.07, 6.45) is 2.11. The van der Waals surface area contributed by atoms with Crippen molar-refractivity contribution in [2.75, 3.05) is 19.7 Å². The molecule has 0 saturated carbocycles. The molecular weight excluding hydrogens is 404 g/mol. The van der Waals surface area contributed by atoms with E-state index in [9.17, 15) is 10.4 Å². The highest BCUT2D eigenvalue weighted by Gasteiger charge is 2.42. The third-order valence-electron chi connectivity index (χ3n) is 6.39. The second-order valence-electron chi connectivity index (χ2n) is 8.74. The van der Waals surface area contributed by atoms with Crippen molar-refractivity contribution in [2.45, 2.75) is 38.8 Å². The van der Waals surface area contributed by atoms with Gasteiger partial charge in [-0.1, -0.05) is 23.4 Å². The normalized spacial score (nSPS) is 19.7. The van der Waals surface area contributed by atoms with Crippen molar-refractivity contribution in [2.24, 2.45) is 5.92 Å². The van der Waals surface area contributed by atoms with E-state index >= 15 is 0 Å². The lowest BCUT2D eigenvalue weighted by atomic mass is 10.0. The standard InChI is InChI=1S/C25H26N4O3/c1-15(2)31-22-7-6-17(12-18(22)14-26)25-27-24(28-32-25)20-5-3-4-19-21(20)13-16-8-9-29(10-11-30)23(16)19/h3-7,12,15-16,23,30H,8-11,13H2,1-2H3. The smallest absolute Gasteiger partial charge is 0.258 e. The highest BCUT2D eigenvalue weighted by molar-refractivity contribution is 5.67. The van der Waals surface area contributed by atoms with Gasteiger partial charge in [0.15, 0.2) is 0 Å². The van der Waals surface area contributed by atoms with Gasteiger partial charge in [-0.15, -0.1) is 0 Å². The van der Waals surface area contributed by atoms with Gasteiger partial charge in [-0.3, -0.25) is 4.90 Å². The minimum atomic E-state index is -0.0177. The van der Waals surface area contributed by atoms with E-state index in [1.54, 1.807) is 12.1 Å². The number of aromatic nitrogens is 2. The van der Waals surface area contributed by atoms with Crippen molar-refractivity contribution in [3.63, 3.8) is 0 Å². The molecule has 3 aromatic rings. The second-order valence-corrected chi connectivity index (χ2v) is 8.74. The molecule has 7 nitrogen and oxygen atoms in total. The second kappa shape index (κ2) is 8.38. The van der Waals surface area contributed by atoms with Crippen LogP contribution in [-0.2, 0) is 6.42 Å². The van der Waals surface area contributed by atoms with Crippen molar-refractivity contribution in [3.05, 3.63) is 53.1 Å². The van der Waals surface area contributed by atoms with E-state index in [4.69, 9.17) is 9.26 Å². The number of hydrogen-bond acceptors (Lipinski definition) is 7. The van der Waals surface area contributed by atoms with Crippen LogP contribution in [0.25, 0.3) is 22.8 Å². The van der Waals surface area contributed by atoms with E-state index < -0.39 is 0 Å². The molecule has 0 bridgehead atoms. The van der Waals surface area contributed by atoms with Gasteiger partial charge in [-0.05, 0) is 68.5 Å². The third kappa shape index (κ3) is 3.56. The Balaban J connectivity index is 1.46. The summed E-state index contributed by atoms with van der Waals surface area (Å²) in [5.74, 6) is 2.05. The van der Waals surface area contributed by atoms with Crippen LogP contribution in [0.3, 0.4) is 0 Å². The van der Waals surface area contributed by atoms with E-state index in [0.717, 1.165) is 24.9 Å². The molecule has 2 unspecified atom stereocenters. The summed E-state index contributed by atoms with van der Waals surface area (Å²) in [6.45, 7) is 5.76. The van der Waals surface area contributed by atoms with Gasteiger partial charge in [0, 0.05) is 23.7 Å². The monoisotopic (exact) mass is 430 g/mol. The molecule has 1 saturated heterocycles. The first kappa shape index (κ1) is 20.7. The average molecular weight is 431 g/mol. The van der Waals surface area contributed by atoms with Gasteiger partial charge in [-0.2, -0.15) is 10.2 Å². The molecule has 0 radical (unpaired) electrons. The summed E-state index contributed by atoms with van der Waals surface area (Å²) in [5.41, 5.74) is 4.71. The summed E-state index contributed by atoms with van der Waals surface area (Å²) in [6, 6.07) is 14.2. The molecule has 2 aliphatic rings. The summed E-state index contributed by atoms with van der Waals surface area (Å²) in [7, 11) is 0. The zero-order valence-corrected chi connectivity index (χ0v) is 18.3. The van der Waals surface area contributed by atoms with Gasteiger partial charge in [0.2, 0.25) is 5.82 Å². The van der Waals surface area contributed by atoms with E-state index in [-0.39, 0.29) is 12.7 Å². The Morgan fingerprint density at radius 1 is 1.31 bits per heavy atom. The van der Waals surface area contributed by atoms with Crippen LogP contribution < -0.4 is 4.74 Å². The minimum Gasteiger partial charge on any atom is -0.490 e. The molecule has 2 aromatic carbocycles. The Labute approximate surface area is 187 Å². The average Bonchev–Trinajstić information content (AvgIpc) is 3.50. The molecule has 1 aromatic heterocycles. The first-order valence-corrected chi connectivity index (χ1v) is 11.1. The van der Waals surface area contributed by atoms with Crippen LogP contribution in [0.15, 0.2) is 40.9 Å². The maximum Gasteiger partial charge on any atom is 0.258 e. The number of nitriles is 1. The van der Waals surface area contributed by atoms with Crippen LogP contribution in [0.5, 0.6) is 5.75 Å². The Kier molecular flexibility index (Phi) is 5.41. The Hall–Kier alpha value is -3.21.